The number of nitrogens with one attached hydrogen (secondary N) is 1. The summed E-state index contributed by atoms with van der Waals surface area (Å²) in [5, 5.41) is 3.15. The molecule has 0 aliphatic carbocycles. The number of hydrogen-bond acceptors (Lipinski definition) is 6. The van der Waals surface area contributed by atoms with Gasteiger partial charge in [-0.1, -0.05) is 30.3 Å². The van der Waals surface area contributed by atoms with E-state index < -0.39 is 0 Å². The number of hydrogen-bond donors (Lipinski definition) is 1. The van der Waals surface area contributed by atoms with Gasteiger partial charge in [-0.25, -0.2) is 0 Å². The highest BCUT2D eigenvalue weighted by atomic mass is 16.5. The van der Waals surface area contributed by atoms with Gasteiger partial charge in [-0.2, -0.15) is 0 Å². The van der Waals surface area contributed by atoms with Gasteiger partial charge in [0.25, 0.3) is 5.91 Å². The first kappa shape index (κ1) is 22.0. The average molecular weight is 445 g/mol. The van der Waals surface area contributed by atoms with Gasteiger partial charge in [0.2, 0.25) is 11.2 Å². The fourth-order valence-electron chi connectivity index (χ4n) is 3.23. The largest absolute Gasteiger partial charge is 0.497 e. The van der Waals surface area contributed by atoms with Crippen LogP contribution in [0.4, 0.5) is 0 Å². The predicted molar refractivity (Wildman–Crippen MR) is 124 cm³/mol. The Morgan fingerprint density at radius 2 is 1.64 bits per heavy atom. The maximum Gasteiger partial charge on any atom is 0.258 e. The van der Waals surface area contributed by atoms with Crippen LogP contribution in [0.1, 0.15) is 11.3 Å². The van der Waals surface area contributed by atoms with Crippen molar-refractivity contribution in [2.24, 2.45) is 0 Å². The van der Waals surface area contributed by atoms with E-state index in [0.29, 0.717) is 40.5 Å². The van der Waals surface area contributed by atoms with Gasteiger partial charge in [0.05, 0.1) is 12.5 Å². The second-order valence-corrected chi connectivity index (χ2v) is 7.30. The summed E-state index contributed by atoms with van der Waals surface area (Å²) < 4.78 is 22.3. The quantitative estimate of drug-likeness (QED) is 0.427. The minimum absolute atomic E-state index is 0.113. The van der Waals surface area contributed by atoms with Crippen molar-refractivity contribution in [1.82, 2.24) is 5.32 Å². The zero-order valence-corrected chi connectivity index (χ0v) is 18.3. The normalized spacial score (nSPS) is 10.6. The number of amides is 1. The van der Waals surface area contributed by atoms with Crippen molar-refractivity contribution in [3.63, 3.8) is 0 Å². The monoisotopic (exact) mass is 445 g/mol. The smallest absolute Gasteiger partial charge is 0.258 e. The van der Waals surface area contributed by atoms with Crippen molar-refractivity contribution in [2.45, 2.75) is 13.5 Å². The van der Waals surface area contributed by atoms with Gasteiger partial charge >= 0.3 is 0 Å². The third-order valence-electron chi connectivity index (χ3n) is 4.97. The molecule has 4 aromatic rings. The molecule has 0 spiro atoms. The zero-order valence-electron chi connectivity index (χ0n) is 18.3. The molecule has 1 aromatic heterocycles. The van der Waals surface area contributed by atoms with E-state index in [2.05, 4.69) is 5.32 Å². The van der Waals surface area contributed by atoms with E-state index in [0.717, 1.165) is 5.56 Å². The highest BCUT2D eigenvalue weighted by molar-refractivity contribution is 5.80. The van der Waals surface area contributed by atoms with Crippen LogP contribution in [0.2, 0.25) is 0 Å². The van der Waals surface area contributed by atoms with Gasteiger partial charge in [0.15, 0.2) is 6.61 Å². The molecule has 4 rings (SSSR count). The Labute approximate surface area is 190 Å². The topological polar surface area (TPSA) is 87.0 Å². The maximum absolute atomic E-state index is 13.0. The fourth-order valence-corrected chi connectivity index (χ4v) is 3.23. The van der Waals surface area contributed by atoms with Crippen molar-refractivity contribution in [3.05, 3.63) is 94.3 Å². The molecular weight excluding hydrogens is 422 g/mol. The molecule has 7 nitrogen and oxygen atoms in total. The third-order valence-corrected chi connectivity index (χ3v) is 4.97. The highest BCUT2D eigenvalue weighted by Crippen LogP contribution is 2.28. The molecule has 3 aromatic carbocycles. The van der Waals surface area contributed by atoms with Crippen LogP contribution in [0.3, 0.4) is 0 Å². The van der Waals surface area contributed by atoms with Crippen molar-refractivity contribution < 1.29 is 23.4 Å². The van der Waals surface area contributed by atoms with Gasteiger partial charge in [-0.3, -0.25) is 9.59 Å². The lowest BCUT2D eigenvalue weighted by molar-refractivity contribution is -0.123. The molecule has 7 heteroatoms. The molecular formula is C26H23NO6. The van der Waals surface area contributed by atoms with Crippen molar-refractivity contribution >= 4 is 16.9 Å². The van der Waals surface area contributed by atoms with Gasteiger partial charge < -0.3 is 23.9 Å². The lowest BCUT2D eigenvalue weighted by Crippen LogP contribution is -2.28. The van der Waals surface area contributed by atoms with Crippen LogP contribution in [0.5, 0.6) is 23.0 Å². The molecule has 0 fully saturated rings. The third kappa shape index (κ3) is 5.33. The molecule has 0 aliphatic rings. The molecule has 0 saturated heterocycles. The summed E-state index contributed by atoms with van der Waals surface area (Å²) >= 11 is 0. The number of aryl methyl sites for hydroxylation is 1. The lowest BCUT2D eigenvalue weighted by Gasteiger charge is -2.11. The van der Waals surface area contributed by atoms with E-state index in [1.807, 2.05) is 30.3 Å². The van der Waals surface area contributed by atoms with Gasteiger partial charge in [0.1, 0.15) is 28.6 Å². The standard InChI is InChI=1S/C26H23NO6/c1-17-26(33-20-10-8-19(30-2)9-11-20)25(29)22-13-12-21(14-23(22)32-17)31-16-24(28)27-15-18-6-4-3-5-7-18/h3-14H,15-16H2,1-2H3,(H,27,28). The van der Waals surface area contributed by atoms with Gasteiger partial charge in [-0.05, 0) is 48.9 Å². The Balaban J connectivity index is 1.44. The number of benzene rings is 3. The van der Waals surface area contributed by atoms with Crippen LogP contribution in [0.25, 0.3) is 11.0 Å². The van der Waals surface area contributed by atoms with Crippen LogP contribution in [0.15, 0.2) is 82.0 Å². The van der Waals surface area contributed by atoms with E-state index in [9.17, 15) is 9.59 Å². The first-order valence-electron chi connectivity index (χ1n) is 10.4. The number of carbonyl (C=O) groups is 1. The predicted octanol–water partition coefficient (Wildman–Crippen LogP) is 4.60. The minimum atomic E-state index is -0.295. The molecule has 0 aliphatic heterocycles. The number of carbonyl (C=O) groups excluding carboxylic acids is 1. The Morgan fingerprint density at radius 3 is 2.36 bits per heavy atom. The summed E-state index contributed by atoms with van der Waals surface area (Å²) in [4.78, 5) is 25.0. The average Bonchev–Trinajstić information content (AvgIpc) is 2.85. The zero-order chi connectivity index (χ0) is 23.2. The summed E-state index contributed by atoms with van der Waals surface area (Å²) in [6.45, 7) is 1.93. The van der Waals surface area contributed by atoms with E-state index in [1.165, 1.54) is 0 Å². The van der Waals surface area contributed by atoms with Crippen molar-refractivity contribution in [2.75, 3.05) is 13.7 Å². The number of fused-ring (bicyclic) bond motifs is 1. The molecule has 33 heavy (non-hydrogen) atoms. The summed E-state index contributed by atoms with van der Waals surface area (Å²) in [6.07, 6.45) is 0. The van der Waals surface area contributed by atoms with Gasteiger partial charge in [0, 0.05) is 12.6 Å². The van der Waals surface area contributed by atoms with E-state index in [1.54, 1.807) is 56.5 Å². The maximum atomic E-state index is 13.0. The Hall–Kier alpha value is -4.26. The molecule has 0 radical (unpaired) electrons. The Kier molecular flexibility index (Phi) is 6.59. The summed E-state index contributed by atoms with van der Waals surface area (Å²) in [6, 6.07) is 21.3. The fraction of sp³-hybridized carbons (Fsp3) is 0.154. The molecule has 1 N–H and O–H groups in total. The Bertz CT molecular complexity index is 1310. The molecule has 168 valence electrons. The molecule has 1 heterocycles. The molecule has 1 amide bonds. The van der Waals surface area contributed by atoms with E-state index >= 15 is 0 Å². The second kappa shape index (κ2) is 9.91. The molecule has 0 bridgehead atoms. The first-order valence-corrected chi connectivity index (χ1v) is 10.4. The van der Waals surface area contributed by atoms with Gasteiger partial charge in [-0.15, -0.1) is 0 Å². The molecule has 0 atom stereocenters. The SMILES string of the molecule is COc1ccc(Oc2c(C)oc3cc(OCC(=O)NCc4ccccc4)ccc3c2=O)cc1. The minimum Gasteiger partial charge on any atom is -0.497 e. The summed E-state index contributed by atoms with van der Waals surface area (Å²) in [5.41, 5.74) is 1.06. The Morgan fingerprint density at radius 1 is 0.939 bits per heavy atom. The lowest BCUT2D eigenvalue weighted by atomic mass is 10.2. The second-order valence-electron chi connectivity index (χ2n) is 7.30. The number of methoxy groups -OCH3 is 1. The summed E-state index contributed by atoms with van der Waals surface area (Å²) in [7, 11) is 1.58. The number of ether oxygens (including phenoxy) is 3. The molecule has 0 saturated carbocycles. The van der Waals surface area contributed by atoms with Crippen LogP contribution in [-0.2, 0) is 11.3 Å². The number of rotatable bonds is 8. The van der Waals surface area contributed by atoms with E-state index in [-0.39, 0.29) is 23.7 Å². The van der Waals surface area contributed by atoms with Crippen LogP contribution in [0, 0.1) is 6.92 Å². The van der Waals surface area contributed by atoms with Crippen molar-refractivity contribution in [3.8, 4) is 23.0 Å². The van der Waals surface area contributed by atoms with Crippen LogP contribution >= 0.6 is 0 Å². The van der Waals surface area contributed by atoms with Crippen LogP contribution in [-0.4, -0.2) is 19.6 Å². The summed E-state index contributed by atoms with van der Waals surface area (Å²) in [5.74, 6) is 1.80. The van der Waals surface area contributed by atoms with E-state index in [4.69, 9.17) is 18.6 Å². The highest BCUT2D eigenvalue weighted by Gasteiger charge is 2.15. The van der Waals surface area contributed by atoms with Crippen LogP contribution < -0.4 is 25.0 Å². The first-order chi connectivity index (χ1) is 16.0. The molecule has 0 unspecified atom stereocenters. The van der Waals surface area contributed by atoms with Crippen molar-refractivity contribution in [1.29, 1.82) is 0 Å².